The third-order valence-corrected chi connectivity index (χ3v) is 3.68. The van der Waals surface area contributed by atoms with Crippen molar-refractivity contribution in [1.82, 2.24) is 0 Å². The average molecular weight is 443 g/mol. The molecule has 25 heavy (non-hydrogen) atoms. The molecule has 0 atom stereocenters. The van der Waals surface area contributed by atoms with Gasteiger partial charge >= 0.3 is 12.4 Å². The molecule has 134 valence electrons. The fourth-order valence-electron chi connectivity index (χ4n) is 1.85. The summed E-state index contributed by atoms with van der Waals surface area (Å²) in [5, 5.41) is 4.87. The molecule has 2 rings (SSSR count). The van der Waals surface area contributed by atoms with Crippen LogP contribution in [0.3, 0.4) is 0 Å². The first kappa shape index (κ1) is 19.5. The lowest BCUT2D eigenvalue weighted by molar-refractivity contribution is -0.143. The monoisotopic (exact) mass is 442 g/mol. The van der Waals surface area contributed by atoms with Gasteiger partial charge in [0.15, 0.2) is 5.11 Å². The van der Waals surface area contributed by atoms with Crippen molar-refractivity contribution in [3.05, 3.63) is 58.1 Å². The molecule has 0 saturated carbocycles. The Morgan fingerprint density at radius 1 is 0.760 bits per heavy atom. The fourth-order valence-corrected chi connectivity index (χ4v) is 2.35. The number of nitrogens with one attached hydrogen (secondary N) is 2. The fraction of sp³-hybridized carbons (Fsp3) is 0.133. The van der Waals surface area contributed by atoms with Crippen molar-refractivity contribution in [1.29, 1.82) is 0 Å². The second-order valence-corrected chi connectivity index (χ2v) is 6.20. The summed E-state index contributed by atoms with van der Waals surface area (Å²) in [5.41, 5.74) is -2.74. The van der Waals surface area contributed by atoms with E-state index in [9.17, 15) is 26.3 Å². The van der Waals surface area contributed by atoms with Gasteiger partial charge < -0.3 is 10.6 Å². The molecule has 2 aromatic carbocycles. The standard InChI is InChI=1S/C15H9BrF6N2S/c16-10-1-3-11(4-2-10)23-13(25)24-12-6-8(14(17,18)19)5-9(7-12)15(20,21)22/h1-7H,(H2,23,24,25). The van der Waals surface area contributed by atoms with E-state index >= 15 is 0 Å². The molecule has 0 radical (unpaired) electrons. The van der Waals surface area contributed by atoms with Crippen LogP contribution < -0.4 is 10.6 Å². The van der Waals surface area contributed by atoms with Crippen LogP contribution in [0.25, 0.3) is 0 Å². The second-order valence-electron chi connectivity index (χ2n) is 4.88. The Balaban J connectivity index is 2.25. The SMILES string of the molecule is FC(F)(F)c1cc(NC(=S)Nc2ccc(Br)cc2)cc(C(F)(F)F)c1. The minimum absolute atomic E-state index is 0.0520. The Kier molecular flexibility index (Phi) is 5.62. The Morgan fingerprint density at radius 2 is 1.20 bits per heavy atom. The van der Waals surface area contributed by atoms with E-state index < -0.39 is 29.2 Å². The van der Waals surface area contributed by atoms with Crippen LogP contribution in [0.15, 0.2) is 46.9 Å². The van der Waals surface area contributed by atoms with Gasteiger partial charge in [-0.2, -0.15) is 26.3 Å². The van der Waals surface area contributed by atoms with Gasteiger partial charge in [-0.15, -0.1) is 0 Å². The molecular formula is C15H9BrF6N2S. The number of rotatable bonds is 2. The van der Waals surface area contributed by atoms with Crippen LogP contribution in [0.1, 0.15) is 11.1 Å². The predicted octanol–water partition coefficient (Wildman–Crippen LogP) is 6.30. The van der Waals surface area contributed by atoms with Gasteiger partial charge in [0.1, 0.15) is 0 Å². The maximum atomic E-state index is 12.8. The number of benzene rings is 2. The smallest absolute Gasteiger partial charge is 0.332 e. The highest BCUT2D eigenvalue weighted by Crippen LogP contribution is 2.37. The van der Waals surface area contributed by atoms with E-state index in [0.717, 1.165) is 4.47 Å². The predicted molar refractivity (Wildman–Crippen MR) is 90.4 cm³/mol. The van der Waals surface area contributed by atoms with Gasteiger partial charge in [0, 0.05) is 15.8 Å². The Morgan fingerprint density at radius 3 is 1.64 bits per heavy atom. The minimum atomic E-state index is -4.92. The molecule has 2 aromatic rings. The van der Waals surface area contributed by atoms with Crippen LogP contribution in [0, 0.1) is 0 Å². The number of hydrogen-bond acceptors (Lipinski definition) is 1. The topological polar surface area (TPSA) is 24.1 Å². The van der Waals surface area contributed by atoms with Gasteiger partial charge in [-0.05, 0) is 54.7 Å². The first-order chi connectivity index (χ1) is 11.4. The van der Waals surface area contributed by atoms with Crippen LogP contribution in [0.4, 0.5) is 37.7 Å². The number of hydrogen-bond donors (Lipinski definition) is 2. The van der Waals surface area contributed by atoms with Gasteiger partial charge in [-0.3, -0.25) is 0 Å². The Labute approximate surface area is 152 Å². The van der Waals surface area contributed by atoms with E-state index in [2.05, 4.69) is 26.6 Å². The summed E-state index contributed by atoms with van der Waals surface area (Å²) in [7, 11) is 0. The summed E-state index contributed by atoms with van der Waals surface area (Å²) < 4.78 is 77.7. The molecule has 0 aliphatic carbocycles. The van der Waals surface area contributed by atoms with Crippen molar-refractivity contribution in [3.8, 4) is 0 Å². The zero-order chi connectivity index (χ0) is 18.8. The Hall–Kier alpha value is -1.81. The third-order valence-electron chi connectivity index (χ3n) is 2.95. The van der Waals surface area contributed by atoms with E-state index in [-0.39, 0.29) is 11.2 Å². The minimum Gasteiger partial charge on any atom is -0.332 e. The maximum absolute atomic E-state index is 12.8. The normalized spacial score (nSPS) is 12.0. The van der Waals surface area contributed by atoms with Crippen LogP contribution in [-0.2, 0) is 12.4 Å². The Bertz CT molecular complexity index is 739. The molecular weight excluding hydrogens is 434 g/mol. The van der Waals surface area contributed by atoms with Crippen molar-refractivity contribution >= 4 is 44.6 Å². The molecule has 0 bridgehead atoms. The van der Waals surface area contributed by atoms with Crippen molar-refractivity contribution in [2.24, 2.45) is 0 Å². The molecule has 0 amide bonds. The van der Waals surface area contributed by atoms with Crippen molar-refractivity contribution in [3.63, 3.8) is 0 Å². The third kappa shape index (κ3) is 5.60. The zero-order valence-electron chi connectivity index (χ0n) is 12.1. The van der Waals surface area contributed by atoms with Crippen LogP contribution in [-0.4, -0.2) is 5.11 Å². The highest BCUT2D eigenvalue weighted by molar-refractivity contribution is 9.10. The number of thiocarbonyl (C=S) groups is 1. The lowest BCUT2D eigenvalue weighted by Gasteiger charge is -2.16. The number of anilines is 2. The molecule has 2 N–H and O–H groups in total. The van der Waals surface area contributed by atoms with E-state index in [1.54, 1.807) is 24.3 Å². The summed E-state index contributed by atoms with van der Waals surface area (Å²) in [6.45, 7) is 0. The summed E-state index contributed by atoms with van der Waals surface area (Å²) in [5.74, 6) is 0. The lowest BCUT2D eigenvalue weighted by atomic mass is 10.1. The molecule has 0 unspecified atom stereocenters. The summed E-state index contributed by atoms with van der Waals surface area (Å²) >= 11 is 8.16. The van der Waals surface area contributed by atoms with Gasteiger partial charge in [-0.1, -0.05) is 15.9 Å². The van der Waals surface area contributed by atoms with Crippen molar-refractivity contribution in [2.75, 3.05) is 10.6 Å². The summed E-state index contributed by atoms with van der Waals surface area (Å²) in [6.07, 6.45) is -9.84. The van der Waals surface area contributed by atoms with Crippen LogP contribution in [0.2, 0.25) is 0 Å². The number of alkyl halides is 6. The van der Waals surface area contributed by atoms with Crippen molar-refractivity contribution < 1.29 is 26.3 Å². The molecule has 0 aliphatic rings. The highest BCUT2D eigenvalue weighted by Gasteiger charge is 2.37. The molecule has 0 aliphatic heterocycles. The van der Waals surface area contributed by atoms with E-state index in [0.29, 0.717) is 17.8 Å². The van der Waals surface area contributed by atoms with E-state index in [1.807, 2.05) is 0 Å². The first-order valence-electron chi connectivity index (χ1n) is 6.58. The largest absolute Gasteiger partial charge is 0.416 e. The van der Waals surface area contributed by atoms with E-state index in [4.69, 9.17) is 12.2 Å². The average Bonchev–Trinajstić information content (AvgIpc) is 2.47. The van der Waals surface area contributed by atoms with Gasteiger partial charge in [0.25, 0.3) is 0 Å². The van der Waals surface area contributed by atoms with Crippen molar-refractivity contribution in [2.45, 2.75) is 12.4 Å². The molecule has 0 fully saturated rings. The lowest BCUT2D eigenvalue weighted by Crippen LogP contribution is -2.20. The van der Waals surface area contributed by atoms with Crippen LogP contribution >= 0.6 is 28.1 Å². The molecule has 0 heterocycles. The van der Waals surface area contributed by atoms with Crippen LogP contribution in [0.5, 0.6) is 0 Å². The zero-order valence-corrected chi connectivity index (χ0v) is 14.5. The van der Waals surface area contributed by atoms with Gasteiger partial charge in [0.05, 0.1) is 11.1 Å². The van der Waals surface area contributed by atoms with Gasteiger partial charge in [-0.25, -0.2) is 0 Å². The molecule has 10 heteroatoms. The molecule has 0 spiro atoms. The molecule has 0 aromatic heterocycles. The first-order valence-corrected chi connectivity index (χ1v) is 7.78. The molecule has 2 nitrogen and oxygen atoms in total. The maximum Gasteiger partial charge on any atom is 0.416 e. The quantitative estimate of drug-likeness (QED) is 0.421. The number of halogens is 7. The second kappa shape index (κ2) is 7.20. The highest BCUT2D eigenvalue weighted by atomic mass is 79.9. The van der Waals surface area contributed by atoms with Gasteiger partial charge in [0.2, 0.25) is 0 Å². The summed E-state index contributed by atoms with van der Waals surface area (Å²) in [4.78, 5) is 0. The summed E-state index contributed by atoms with van der Waals surface area (Å²) in [6, 6.07) is 7.82. The molecule has 0 saturated heterocycles. The van der Waals surface area contributed by atoms with E-state index in [1.165, 1.54) is 0 Å².